The molecule has 0 radical (unpaired) electrons. The Morgan fingerprint density at radius 1 is 1.75 bits per heavy atom. The van der Waals surface area contributed by atoms with Gasteiger partial charge in [-0.1, -0.05) is 19.8 Å². The van der Waals surface area contributed by atoms with Crippen molar-refractivity contribution >= 4 is 5.97 Å². The van der Waals surface area contributed by atoms with Gasteiger partial charge in [-0.2, -0.15) is 0 Å². The van der Waals surface area contributed by atoms with E-state index in [1.807, 2.05) is 0 Å². The van der Waals surface area contributed by atoms with E-state index in [1.165, 1.54) is 6.42 Å². The van der Waals surface area contributed by atoms with Crippen LogP contribution in [-0.2, 0) is 4.79 Å². The van der Waals surface area contributed by atoms with Crippen LogP contribution in [-0.4, -0.2) is 16.6 Å². The minimum absolute atomic E-state index is 0.122. The molecular weight excluding hydrogens is 154 g/mol. The van der Waals surface area contributed by atoms with Gasteiger partial charge >= 0.3 is 5.97 Å². The molecule has 3 heteroatoms. The fraction of sp³-hybridized carbons (Fsp3) is 0.889. The molecule has 0 saturated heterocycles. The molecule has 0 aromatic carbocycles. The fourth-order valence-corrected chi connectivity index (χ4v) is 2.16. The van der Waals surface area contributed by atoms with Gasteiger partial charge in [-0.3, -0.25) is 4.79 Å². The number of rotatable bonds is 2. The van der Waals surface area contributed by atoms with Crippen LogP contribution in [0.4, 0.5) is 0 Å². The van der Waals surface area contributed by atoms with Gasteiger partial charge in [0.25, 0.3) is 0 Å². The number of nitrogens with two attached hydrogens (primary N) is 1. The van der Waals surface area contributed by atoms with Crippen molar-refractivity contribution in [2.24, 2.45) is 11.7 Å². The van der Waals surface area contributed by atoms with E-state index in [0.29, 0.717) is 5.92 Å². The number of hydrogen-bond acceptors (Lipinski definition) is 2. The van der Waals surface area contributed by atoms with Crippen LogP contribution in [0, 0.1) is 5.92 Å². The minimum Gasteiger partial charge on any atom is -0.481 e. The summed E-state index contributed by atoms with van der Waals surface area (Å²) in [6.07, 6.45) is 4.11. The first-order valence-corrected chi connectivity index (χ1v) is 4.52. The molecular formula is C9H17NO2. The van der Waals surface area contributed by atoms with Gasteiger partial charge in [0.05, 0.1) is 6.42 Å². The Labute approximate surface area is 72.9 Å². The van der Waals surface area contributed by atoms with Gasteiger partial charge in [-0.25, -0.2) is 0 Å². The molecule has 0 aromatic heterocycles. The Morgan fingerprint density at radius 2 is 2.42 bits per heavy atom. The lowest BCUT2D eigenvalue weighted by Crippen LogP contribution is -2.45. The lowest BCUT2D eigenvalue weighted by Gasteiger charge is -2.35. The smallest absolute Gasteiger partial charge is 0.305 e. The summed E-state index contributed by atoms with van der Waals surface area (Å²) in [7, 11) is 0. The van der Waals surface area contributed by atoms with E-state index in [-0.39, 0.29) is 6.42 Å². The molecule has 12 heavy (non-hydrogen) atoms. The fourth-order valence-electron chi connectivity index (χ4n) is 2.16. The Bertz CT molecular complexity index is 181. The molecule has 1 rings (SSSR count). The highest BCUT2D eigenvalue weighted by molar-refractivity contribution is 5.68. The molecule has 0 aliphatic heterocycles. The minimum atomic E-state index is -0.772. The van der Waals surface area contributed by atoms with E-state index in [4.69, 9.17) is 10.8 Å². The van der Waals surface area contributed by atoms with Crippen molar-refractivity contribution in [3.63, 3.8) is 0 Å². The SMILES string of the molecule is CC1CCCC(N)(CC(=O)O)C1. The monoisotopic (exact) mass is 171 g/mol. The van der Waals surface area contributed by atoms with Crippen LogP contribution in [0.2, 0.25) is 0 Å². The number of carbonyl (C=O) groups is 1. The van der Waals surface area contributed by atoms with Crippen LogP contribution in [0.3, 0.4) is 0 Å². The molecule has 3 nitrogen and oxygen atoms in total. The number of aliphatic carboxylic acids is 1. The quantitative estimate of drug-likeness (QED) is 0.659. The summed E-state index contributed by atoms with van der Waals surface area (Å²) in [5.41, 5.74) is 5.54. The van der Waals surface area contributed by atoms with Gasteiger partial charge < -0.3 is 10.8 Å². The van der Waals surface area contributed by atoms with Gasteiger partial charge in [0.2, 0.25) is 0 Å². The average Bonchev–Trinajstić information content (AvgIpc) is 1.82. The molecule has 1 saturated carbocycles. The van der Waals surface area contributed by atoms with E-state index in [9.17, 15) is 4.79 Å². The van der Waals surface area contributed by atoms with Crippen LogP contribution in [0.15, 0.2) is 0 Å². The van der Waals surface area contributed by atoms with Crippen molar-refractivity contribution in [1.82, 2.24) is 0 Å². The molecule has 2 unspecified atom stereocenters. The molecule has 0 amide bonds. The standard InChI is InChI=1S/C9H17NO2/c1-7-3-2-4-9(10,5-7)6-8(11)12/h7H,2-6,10H2,1H3,(H,11,12). The normalized spacial score (nSPS) is 36.3. The Balaban J connectivity index is 2.51. The van der Waals surface area contributed by atoms with Crippen LogP contribution in [0.25, 0.3) is 0 Å². The van der Waals surface area contributed by atoms with Gasteiger partial charge in [-0.05, 0) is 18.8 Å². The Kier molecular flexibility index (Phi) is 2.73. The summed E-state index contributed by atoms with van der Waals surface area (Å²) in [6, 6.07) is 0. The molecule has 70 valence electrons. The molecule has 1 fully saturated rings. The topological polar surface area (TPSA) is 63.3 Å². The zero-order valence-corrected chi connectivity index (χ0v) is 7.55. The maximum absolute atomic E-state index is 10.5. The maximum Gasteiger partial charge on any atom is 0.305 e. The van der Waals surface area contributed by atoms with Crippen molar-refractivity contribution in [3.8, 4) is 0 Å². The Morgan fingerprint density at radius 3 is 2.92 bits per heavy atom. The van der Waals surface area contributed by atoms with E-state index in [1.54, 1.807) is 0 Å². The summed E-state index contributed by atoms with van der Waals surface area (Å²) in [5, 5.41) is 8.64. The molecule has 1 aliphatic carbocycles. The number of carboxylic acid groups (broad SMARTS) is 1. The highest BCUT2D eigenvalue weighted by Gasteiger charge is 2.32. The molecule has 0 spiro atoms. The molecule has 2 atom stereocenters. The first kappa shape index (κ1) is 9.52. The van der Waals surface area contributed by atoms with E-state index in [2.05, 4.69) is 6.92 Å². The van der Waals surface area contributed by atoms with Gasteiger partial charge in [0.15, 0.2) is 0 Å². The lowest BCUT2D eigenvalue weighted by atomic mass is 9.75. The van der Waals surface area contributed by atoms with Crippen LogP contribution in [0.5, 0.6) is 0 Å². The molecule has 3 N–H and O–H groups in total. The van der Waals surface area contributed by atoms with E-state index >= 15 is 0 Å². The lowest BCUT2D eigenvalue weighted by molar-refractivity contribution is -0.138. The van der Waals surface area contributed by atoms with Crippen molar-refractivity contribution < 1.29 is 9.90 Å². The molecule has 0 heterocycles. The number of hydrogen-bond donors (Lipinski definition) is 2. The third-order valence-corrected chi connectivity index (χ3v) is 2.63. The first-order chi connectivity index (χ1) is 5.52. The van der Waals surface area contributed by atoms with Gasteiger partial charge in [-0.15, -0.1) is 0 Å². The summed E-state index contributed by atoms with van der Waals surface area (Å²) in [5.74, 6) is -0.185. The van der Waals surface area contributed by atoms with Crippen molar-refractivity contribution in [2.45, 2.75) is 44.6 Å². The highest BCUT2D eigenvalue weighted by atomic mass is 16.4. The predicted molar refractivity (Wildman–Crippen MR) is 46.8 cm³/mol. The largest absolute Gasteiger partial charge is 0.481 e. The van der Waals surface area contributed by atoms with Gasteiger partial charge in [0, 0.05) is 5.54 Å². The number of carboxylic acids is 1. The second-order valence-electron chi connectivity index (χ2n) is 4.13. The second kappa shape index (κ2) is 3.44. The summed E-state index contributed by atoms with van der Waals surface area (Å²) in [4.78, 5) is 10.5. The molecule has 0 aromatic rings. The van der Waals surface area contributed by atoms with Crippen molar-refractivity contribution in [1.29, 1.82) is 0 Å². The average molecular weight is 171 g/mol. The van der Waals surface area contributed by atoms with Crippen LogP contribution in [0.1, 0.15) is 39.0 Å². The summed E-state index contributed by atoms with van der Waals surface area (Å²) >= 11 is 0. The molecule has 0 bridgehead atoms. The van der Waals surface area contributed by atoms with E-state index in [0.717, 1.165) is 19.3 Å². The van der Waals surface area contributed by atoms with Crippen molar-refractivity contribution in [3.05, 3.63) is 0 Å². The van der Waals surface area contributed by atoms with Crippen LogP contribution < -0.4 is 5.73 Å². The van der Waals surface area contributed by atoms with Gasteiger partial charge in [0.1, 0.15) is 0 Å². The maximum atomic E-state index is 10.5. The zero-order valence-electron chi connectivity index (χ0n) is 7.55. The predicted octanol–water partition coefficient (Wildman–Crippen LogP) is 1.37. The summed E-state index contributed by atoms with van der Waals surface area (Å²) in [6.45, 7) is 2.14. The van der Waals surface area contributed by atoms with Crippen molar-refractivity contribution in [2.75, 3.05) is 0 Å². The first-order valence-electron chi connectivity index (χ1n) is 4.52. The molecule has 1 aliphatic rings. The van der Waals surface area contributed by atoms with Crippen LogP contribution >= 0.6 is 0 Å². The van der Waals surface area contributed by atoms with E-state index < -0.39 is 11.5 Å². The third-order valence-electron chi connectivity index (χ3n) is 2.63. The third kappa shape index (κ3) is 2.48. The summed E-state index contributed by atoms with van der Waals surface area (Å²) < 4.78 is 0. The zero-order chi connectivity index (χ0) is 9.19. The second-order valence-corrected chi connectivity index (χ2v) is 4.13. The Hall–Kier alpha value is -0.570. The highest BCUT2D eigenvalue weighted by Crippen LogP contribution is 2.32.